The van der Waals surface area contributed by atoms with Gasteiger partial charge in [0, 0.05) is 12.1 Å². The fourth-order valence-corrected chi connectivity index (χ4v) is 3.11. The molecular formula is C11H20N2O2. The van der Waals surface area contributed by atoms with Gasteiger partial charge in [0.2, 0.25) is 5.91 Å². The maximum Gasteiger partial charge on any atom is 0.225 e. The molecule has 2 bridgehead atoms. The molecule has 0 saturated heterocycles. The van der Waals surface area contributed by atoms with Crippen LogP contribution in [0, 0.1) is 17.8 Å². The molecule has 4 N–H and O–H groups in total. The van der Waals surface area contributed by atoms with Gasteiger partial charge in [0.1, 0.15) is 0 Å². The van der Waals surface area contributed by atoms with Crippen molar-refractivity contribution in [1.82, 2.24) is 5.32 Å². The van der Waals surface area contributed by atoms with Gasteiger partial charge in [0.05, 0.1) is 12.5 Å². The lowest BCUT2D eigenvalue weighted by Crippen LogP contribution is -2.48. The molecule has 86 valence electrons. The quantitative estimate of drug-likeness (QED) is 0.609. The molecule has 2 aliphatic carbocycles. The summed E-state index contributed by atoms with van der Waals surface area (Å²) >= 11 is 0. The second kappa shape index (κ2) is 4.10. The highest BCUT2D eigenvalue weighted by Crippen LogP contribution is 2.47. The van der Waals surface area contributed by atoms with Crippen molar-refractivity contribution in [1.29, 1.82) is 0 Å². The zero-order valence-electron chi connectivity index (χ0n) is 9.15. The van der Waals surface area contributed by atoms with Crippen molar-refractivity contribution >= 4 is 5.91 Å². The number of fused-ring (bicyclic) bond motifs is 2. The van der Waals surface area contributed by atoms with Crippen molar-refractivity contribution in [2.45, 2.75) is 38.3 Å². The van der Waals surface area contributed by atoms with E-state index < -0.39 is 0 Å². The van der Waals surface area contributed by atoms with Gasteiger partial charge in [-0.3, -0.25) is 4.79 Å². The first-order valence-corrected chi connectivity index (χ1v) is 5.80. The van der Waals surface area contributed by atoms with E-state index in [1.807, 2.05) is 0 Å². The maximum atomic E-state index is 11.9. The van der Waals surface area contributed by atoms with Crippen LogP contribution in [-0.4, -0.2) is 29.7 Å². The molecule has 2 fully saturated rings. The van der Waals surface area contributed by atoms with E-state index in [-0.39, 0.29) is 30.5 Å². The van der Waals surface area contributed by atoms with Crippen LogP contribution in [0.1, 0.15) is 26.2 Å². The largest absolute Gasteiger partial charge is 0.394 e. The van der Waals surface area contributed by atoms with Crippen LogP contribution in [0.5, 0.6) is 0 Å². The number of amides is 1. The van der Waals surface area contributed by atoms with E-state index in [2.05, 4.69) is 5.32 Å². The SMILES string of the molecule is C[C@H](CO)NC(=O)C1C2CCC(C2)C1N. The van der Waals surface area contributed by atoms with Crippen molar-refractivity contribution < 1.29 is 9.90 Å². The number of nitrogens with one attached hydrogen (secondary N) is 1. The summed E-state index contributed by atoms with van der Waals surface area (Å²) in [5.74, 6) is 1.06. The Morgan fingerprint density at radius 1 is 1.53 bits per heavy atom. The van der Waals surface area contributed by atoms with Crippen LogP contribution >= 0.6 is 0 Å². The summed E-state index contributed by atoms with van der Waals surface area (Å²) in [6.45, 7) is 1.79. The Hall–Kier alpha value is -0.610. The molecular weight excluding hydrogens is 192 g/mol. The minimum absolute atomic E-state index is 0.0121. The van der Waals surface area contributed by atoms with Crippen LogP contribution in [0.25, 0.3) is 0 Å². The minimum Gasteiger partial charge on any atom is -0.394 e. The zero-order valence-corrected chi connectivity index (χ0v) is 9.15. The third kappa shape index (κ3) is 1.88. The molecule has 1 amide bonds. The summed E-state index contributed by atoms with van der Waals surface area (Å²) < 4.78 is 0. The van der Waals surface area contributed by atoms with E-state index in [1.165, 1.54) is 6.42 Å². The van der Waals surface area contributed by atoms with Crippen LogP contribution in [-0.2, 0) is 4.79 Å². The monoisotopic (exact) mass is 212 g/mol. The van der Waals surface area contributed by atoms with Crippen molar-refractivity contribution in [3.63, 3.8) is 0 Å². The predicted molar refractivity (Wildman–Crippen MR) is 57.0 cm³/mol. The Bertz CT molecular complexity index is 255. The molecule has 0 spiro atoms. The molecule has 0 aromatic heterocycles. The van der Waals surface area contributed by atoms with E-state index in [1.54, 1.807) is 6.92 Å². The molecule has 2 saturated carbocycles. The molecule has 4 unspecified atom stereocenters. The standard InChI is InChI=1S/C11H20N2O2/c1-6(5-14)13-11(15)9-7-2-3-8(4-7)10(9)12/h6-10,14H,2-5,12H2,1H3,(H,13,15)/t6-,7?,8?,9?,10?/m1/s1. The smallest absolute Gasteiger partial charge is 0.225 e. The summed E-state index contributed by atoms with van der Waals surface area (Å²) in [5, 5.41) is 11.7. The van der Waals surface area contributed by atoms with Gasteiger partial charge in [-0.15, -0.1) is 0 Å². The van der Waals surface area contributed by atoms with Gasteiger partial charge in [-0.1, -0.05) is 0 Å². The lowest BCUT2D eigenvalue weighted by atomic mass is 9.84. The molecule has 2 aliphatic rings. The highest BCUT2D eigenvalue weighted by Gasteiger charge is 2.49. The second-order valence-electron chi connectivity index (χ2n) is 5.03. The lowest BCUT2D eigenvalue weighted by molar-refractivity contribution is -0.127. The normalized spacial score (nSPS) is 40.5. The Morgan fingerprint density at radius 3 is 2.73 bits per heavy atom. The van der Waals surface area contributed by atoms with Crippen LogP contribution in [0.3, 0.4) is 0 Å². The Morgan fingerprint density at radius 2 is 2.20 bits per heavy atom. The molecule has 0 aromatic carbocycles. The average Bonchev–Trinajstić information content (AvgIpc) is 2.77. The number of hydrogen-bond acceptors (Lipinski definition) is 3. The van der Waals surface area contributed by atoms with Gasteiger partial charge < -0.3 is 16.2 Å². The lowest BCUT2D eigenvalue weighted by Gasteiger charge is -2.28. The van der Waals surface area contributed by atoms with Crippen LogP contribution < -0.4 is 11.1 Å². The van der Waals surface area contributed by atoms with Crippen molar-refractivity contribution in [3.8, 4) is 0 Å². The van der Waals surface area contributed by atoms with E-state index in [0.29, 0.717) is 11.8 Å². The first-order valence-electron chi connectivity index (χ1n) is 5.80. The fourth-order valence-electron chi connectivity index (χ4n) is 3.11. The highest BCUT2D eigenvalue weighted by atomic mass is 16.3. The van der Waals surface area contributed by atoms with Gasteiger partial charge in [-0.25, -0.2) is 0 Å². The number of rotatable bonds is 3. The maximum absolute atomic E-state index is 11.9. The summed E-state index contributed by atoms with van der Waals surface area (Å²) in [6, 6.07) is -0.126. The van der Waals surface area contributed by atoms with E-state index in [9.17, 15) is 4.79 Å². The third-order valence-corrected chi connectivity index (χ3v) is 3.95. The minimum atomic E-state index is -0.163. The predicted octanol–water partition coefficient (Wildman–Crippen LogP) is -0.143. The van der Waals surface area contributed by atoms with Crippen LogP contribution in [0.2, 0.25) is 0 Å². The Balaban J connectivity index is 1.96. The summed E-state index contributed by atoms with van der Waals surface area (Å²) in [4.78, 5) is 11.9. The molecule has 0 aliphatic heterocycles. The summed E-state index contributed by atoms with van der Waals surface area (Å²) in [5.41, 5.74) is 6.06. The van der Waals surface area contributed by atoms with Gasteiger partial charge in [0.15, 0.2) is 0 Å². The molecule has 4 heteroatoms. The number of carbonyl (C=O) groups excluding carboxylic acids is 1. The molecule has 0 heterocycles. The Kier molecular flexibility index (Phi) is 2.98. The van der Waals surface area contributed by atoms with E-state index in [0.717, 1.165) is 12.8 Å². The Labute approximate surface area is 90.2 Å². The first kappa shape index (κ1) is 10.9. The van der Waals surface area contributed by atoms with Gasteiger partial charge >= 0.3 is 0 Å². The molecule has 5 atom stereocenters. The number of nitrogens with two attached hydrogens (primary N) is 1. The second-order valence-corrected chi connectivity index (χ2v) is 5.03. The molecule has 0 aromatic rings. The zero-order chi connectivity index (χ0) is 11.0. The molecule has 4 nitrogen and oxygen atoms in total. The van der Waals surface area contributed by atoms with E-state index >= 15 is 0 Å². The van der Waals surface area contributed by atoms with Gasteiger partial charge in [0.25, 0.3) is 0 Å². The van der Waals surface area contributed by atoms with Crippen LogP contribution in [0.15, 0.2) is 0 Å². The summed E-state index contributed by atoms with van der Waals surface area (Å²) in [7, 11) is 0. The first-order chi connectivity index (χ1) is 7.13. The van der Waals surface area contributed by atoms with Crippen LogP contribution in [0.4, 0.5) is 0 Å². The van der Waals surface area contributed by atoms with Gasteiger partial charge in [-0.2, -0.15) is 0 Å². The molecule has 2 rings (SSSR count). The van der Waals surface area contributed by atoms with Gasteiger partial charge in [-0.05, 0) is 38.0 Å². The van der Waals surface area contributed by atoms with Crippen molar-refractivity contribution in [2.24, 2.45) is 23.5 Å². The van der Waals surface area contributed by atoms with Crippen molar-refractivity contribution in [3.05, 3.63) is 0 Å². The molecule has 0 radical (unpaired) electrons. The number of aliphatic hydroxyl groups is 1. The number of hydrogen-bond donors (Lipinski definition) is 3. The van der Waals surface area contributed by atoms with E-state index in [4.69, 9.17) is 10.8 Å². The fraction of sp³-hybridized carbons (Fsp3) is 0.909. The third-order valence-electron chi connectivity index (χ3n) is 3.95. The highest BCUT2D eigenvalue weighted by molar-refractivity contribution is 5.80. The number of carbonyl (C=O) groups is 1. The van der Waals surface area contributed by atoms with Crippen molar-refractivity contribution in [2.75, 3.05) is 6.61 Å². The molecule has 15 heavy (non-hydrogen) atoms. The summed E-state index contributed by atoms with van der Waals surface area (Å²) in [6.07, 6.45) is 3.45. The topological polar surface area (TPSA) is 75.3 Å². The average molecular weight is 212 g/mol. The number of aliphatic hydroxyl groups excluding tert-OH is 1.